The van der Waals surface area contributed by atoms with Gasteiger partial charge in [0.15, 0.2) is 0 Å². The molecular weight excluding hydrogens is 284 g/mol. The van der Waals surface area contributed by atoms with Crippen molar-refractivity contribution in [3.05, 3.63) is 28.8 Å². The van der Waals surface area contributed by atoms with Gasteiger partial charge in [-0.2, -0.15) is 0 Å². The van der Waals surface area contributed by atoms with Crippen LogP contribution in [0.1, 0.15) is 16.8 Å². The van der Waals surface area contributed by atoms with Gasteiger partial charge in [-0.3, -0.25) is 4.79 Å². The fourth-order valence-electron chi connectivity index (χ4n) is 2.10. The first-order valence-corrected chi connectivity index (χ1v) is 6.48. The molecule has 1 amide bonds. The van der Waals surface area contributed by atoms with E-state index in [0.29, 0.717) is 18.7 Å². The number of rotatable bonds is 4. The number of halogens is 1. The Balaban J connectivity index is 2.06. The highest BCUT2D eigenvalue weighted by Gasteiger charge is 2.29. The lowest BCUT2D eigenvalue weighted by Crippen LogP contribution is -2.35. The molecule has 2 rings (SSSR count). The topological polar surface area (TPSA) is 87.7 Å². The van der Waals surface area contributed by atoms with Gasteiger partial charge in [-0.15, -0.1) is 0 Å². The summed E-state index contributed by atoms with van der Waals surface area (Å²) in [6, 6.07) is 3.85. The van der Waals surface area contributed by atoms with E-state index in [2.05, 4.69) is 10.6 Å². The molecule has 0 saturated carbocycles. The number of methoxy groups -OCH3 is 1. The minimum Gasteiger partial charge on any atom is -0.478 e. The molecule has 1 aliphatic heterocycles. The average Bonchev–Trinajstić information content (AvgIpc) is 2.86. The highest BCUT2D eigenvalue weighted by Crippen LogP contribution is 2.20. The number of carboxylic acids is 1. The van der Waals surface area contributed by atoms with Gasteiger partial charge in [0.1, 0.15) is 0 Å². The molecule has 0 spiro atoms. The quantitative estimate of drug-likeness (QED) is 0.781. The van der Waals surface area contributed by atoms with Crippen LogP contribution in [0.5, 0.6) is 0 Å². The van der Waals surface area contributed by atoms with E-state index in [4.69, 9.17) is 21.4 Å². The van der Waals surface area contributed by atoms with Crippen LogP contribution < -0.4 is 10.6 Å². The standard InChI is InChI=1S/C13H15ClN2O4/c1-20-10-5-11(15-6-10)12(17)16-9-3-7(13(18)19)2-8(14)4-9/h2-4,10-11,15H,5-6H2,1H3,(H,16,17)(H,18,19). The summed E-state index contributed by atoms with van der Waals surface area (Å²) < 4.78 is 5.17. The molecular formula is C13H15ClN2O4. The summed E-state index contributed by atoms with van der Waals surface area (Å²) in [5, 5.41) is 14.9. The second-order valence-corrected chi connectivity index (χ2v) is 5.01. The predicted molar refractivity (Wildman–Crippen MR) is 74.2 cm³/mol. The van der Waals surface area contributed by atoms with Crippen molar-refractivity contribution >= 4 is 29.2 Å². The number of hydrogen-bond donors (Lipinski definition) is 3. The Bertz CT molecular complexity index is 535. The third-order valence-electron chi connectivity index (χ3n) is 3.15. The maximum Gasteiger partial charge on any atom is 0.335 e. The molecule has 0 bridgehead atoms. The molecule has 20 heavy (non-hydrogen) atoms. The Morgan fingerprint density at radius 2 is 2.20 bits per heavy atom. The number of benzene rings is 1. The number of aromatic carboxylic acids is 1. The van der Waals surface area contributed by atoms with Crippen LogP contribution in [0.15, 0.2) is 18.2 Å². The van der Waals surface area contributed by atoms with Gasteiger partial charge in [-0.05, 0) is 24.6 Å². The highest BCUT2D eigenvalue weighted by atomic mass is 35.5. The number of carbonyl (C=O) groups excluding carboxylic acids is 1. The second kappa shape index (κ2) is 6.21. The Morgan fingerprint density at radius 1 is 1.45 bits per heavy atom. The molecule has 1 aromatic carbocycles. The molecule has 108 valence electrons. The smallest absolute Gasteiger partial charge is 0.335 e. The van der Waals surface area contributed by atoms with Crippen LogP contribution in [0, 0.1) is 0 Å². The Hall–Kier alpha value is -1.63. The van der Waals surface area contributed by atoms with Crippen molar-refractivity contribution in [3.63, 3.8) is 0 Å². The van der Waals surface area contributed by atoms with Crippen molar-refractivity contribution in [2.75, 3.05) is 19.0 Å². The minimum absolute atomic E-state index is 0.0136. The molecule has 1 fully saturated rings. The molecule has 1 saturated heterocycles. The molecule has 1 aromatic rings. The lowest BCUT2D eigenvalue weighted by Gasteiger charge is -2.12. The highest BCUT2D eigenvalue weighted by molar-refractivity contribution is 6.31. The molecule has 0 radical (unpaired) electrons. The third-order valence-corrected chi connectivity index (χ3v) is 3.37. The first-order valence-electron chi connectivity index (χ1n) is 6.10. The van der Waals surface area contributed by atoms with E-state index < -0.39 is 5.97 Å². The van der Waals surface area contributed by atoms with Crippen molar-refractivity contribution in [2.45, 2.75) is 18.6 Å². The SMILES string of the molecule is COC1CNC(C(=O)Nc2cc(Cl)cc(C(=O)O)c2)C1. The number of carbonyl (C=O) groups is 2. The summed E-state index contributed by atoms with van der Waals surface area (Å²) in [5.41, 5.74) is 0.393. The van der Waals surface area contributed by atoms with Crippen LogP contribution in [0.2, 0.25) is 5.02 Å². The van der Waals surface area contributed by atoms with E-state index in [-0.39, 0.29) is 28.6 Å². The monoisotopic (exact) mass is 298 g/mol. The number of anilines is 1. The van der Waals surface area contributed by atoms with Crippen LogP contribution in [-0.2, 0) is 9.53 Å². The van der Waals surface area contributed by atoms with Crippen molar-refractivity contribution in [3.8, 4) is 0 Å². The van der Waals surface area contributed by atoms with Crippen LogP contribution >= 0.6 is 11.6 Å². The number of ether oxygens (including phenoxy) is 1. The molecule has 2 unspecified atom stereocenters. The molecule has 0 aliphatic carbocycles. The van der Waals surface area contributed by atoms with Gasteiger partial charge in [0, 0.05) is 24.4 Å². The number of nitrogens with one attached hydrogen (secondary N) is 2. The lowest BCUT2D eigenvalue weighted by atomic mass is 10.1. The Morgan fingerprint density at radius 3 is 2.80 bits per heavy atom. The Kier molecular flexibility index (Phi) is 4.59. The average molecular weight is 299 g/mol. The van der Waals surface area contributed by atoms with E-state index >= 15 is 0 Å². The molecule has 7 heteroatoms. The van der Waals surface area contributed by atoms with Gasteiger partial charge in [-0.25, -0.2) is 4.79 Å². The summed E-state index contributed by atoms with van der Waals surface area (Å²) in [7, 11) is 1.60. The zero-order chi connectivity index (χ0) is 14.7. The number of carboxylic acid groups (broad SMARTS) is 1. The minimum atomic E-state index is -1.10. The van der Waals surface area contributed by atoms with Crippen molar-refractivity contribution < 1.29 is 19.4 Å². The van der Waals surface area contributed by atoms with Crippen LogP contribution in [0.4, 0.5) is 5.69 Å². The lowest BCUT2D eigenvalue weighted by molar-refractivity contribution is -0.118. The van der Waals surface area contributed by atoms with Crippen LogP contribution in [-0.4, -0.2) is 42.8 Å². The molecule has 1 aliphatic rings. The van der Waals surface area contributed by atoms with Gasteiger partial charge in [-0.1, -0.05) is 11.6 Å². The van der Waals surface area contributed by atoms with E-state index in [1.54, 1.807) is 7.11 Å². The van der Waals surface area contributed by atoms with E-state index in [0.717, 1.165) is 0 Å². The third kappa shape index (κ3) is 3.47. The van der Waals surface area contributed by atoms with Crippen LogP contribution in [0.25, 0.3) is 0 Å². The van der Waals surface area contributed by atoms with Gasteiger partial charge in [0.05, 0.1) is 17.7 Å². The normalized spacial score (nSPS) is 21.7. The van der Waals surface area contributed by atoms with Crippen molar-refractivity contribution in [1.29, 1.82) is 0 Å². The summed E-state index contributed by atoms with van der Waals surface area (Å²) in [6.45, 7) is 0.616. The Labute approximate surface area is 121 Å². The molecule has 2 atom stereocenters. The van der Waals surface area contributed by atoms with Gasteiger partial charge in [0.25, 0.3) is 0 Å². The molecule has 3 N–H and O–H groups in total. The van der Waals surface area contributed by atoms with Gasteiger partial charge < -0.3 is 20.5 Å². The van der Waals surface area contributed by atoms with Crippen molar-refractivity contribution in [1.82, 2.24) is 5.32 Å². The molecule has 1 heterocycles. The summed E-state index contributed by atoms with van der Waals surface area (Å²) >= 11 is 5.83. The first kappa shape index (κ1) is 14.8. The number of amides is 1. The van der Waals surface area contributed by atoms with E-state index in [1.165, 1.54) is 18.2 Å². The van der Waals surface area contributed by atoms with Crippen molar-refractivity contribution in [2.24, 2.45) is 0 Å². The van der Waals surface area contributed by atoms with Gasteiger partial charge >= 0.3 is 5.97 Å². The zero-order valence-corrected chi connectivity index (χ0v) is 11.6. The predicted octanol–water partition coefficient (Wildman–Crippen LogP) is 1.35. The fraction of sp³-hybridized carbons (Fsp3) is 0.385. The maximum absolute atomic E-state index is 12.0. The fourth-order valence-corrected chi connectivity index (χ4v) is 2.33. The van der Waals surface area contributed by atoms with Crippen LogP contribution in [0.3, 0.4) is 0 Å². The largest absolute Gasteiger partial charge is 0.478 e. The summed E-state index contributed by atoms with van der Waals surface area (Å²) in [6.07, 6.45) is 0.592. The number of hydrogen-bond acceptors (Lipinski definition) is 4. The zero-order valence-electron chi connectivity index (χ0n) is 10.9. The maximum atomic E-state index is 12.0. The summed E-state index contributed by atoms with van der Waals surface area (Å²) in [4.78, 5) is 23.0. The van der Waals surface area contributed by atoms with Gasteiger partial charge in [0.2, 0.25) is 5.91 Å². The summed E-state index contributed by atoms with van der Waals surface area (Å²) in [5.74, 6) is -1.33. The van der Waals surface area contributed by atoms with E-state index in [9.17, 15) is 9.59 Å². The first-order chi connectivity index (χ1) is 9.49. The van der Waals surface area contributed by atoms with E-state index in [1.807, 2.05) is 0 Å². The molecule has 0 aromatic heterocycles. The second-order valence-electron chi connectivity index (χ2n) is 4.58. The molecule has 6 nitrogen and oxygen atoms in total.